The second kappa shape index (κ2) is 5.33. The second-order valence-corrected chi connectivity index (χ2v) is 3.90. The molecule has 0 heterocycles. The van der Waals surface area contributed by atoms with Crippen LogP contribution in [0.25, 0.3) is 0 Å². The maximum atomic E-state index is 13.3. The van der Waals surface area contributed by atoms with Gasteiger partial charge in [0.15, 0.2) is 5.78 Å². The third-order valence-electron chi connectivity index (χ3n) is 2.50. The highest BCUT2D eigenvalue weighted by Gasteiger charge is 2.31. The minimum atomic E-state index is -4.59. The molecule has 1 aromatic carbocycles. The van der Waals surface area contributed by atoms with Gasteiger partial charge >= 0.3 is 6.18 Å². The Morgan fingerprint density at radius 2 is 1.94 bits per heavy atom. The van der Waals surface area contributed by atoms with Crippen LogP contribution in [0.5, 0.6) is 0 Å². The fraction of sp³-hybridized carbons (Fsp3) is 0.308. The van der Waals surface area contributed by atoms with Gasteiger partial charge in [-0.3, -0.25) is 4.79 Å². The number of rotatable bonds is 4. The topological polar surface area (TPSA) is 17.1 Å². The van der Waals surface area contributed by atoms with E-state index in [1.807, 2.05) is 0 Å². The summed E-state index contributed by atoms with van der Waals surface area (Å²) in [7, 11) is 0. The van der Waals surface area contributed by atoms with Crippen LogP contribution in [0, 0.1) is 5.82 Å². The first kappa shape index (κ1) is 14.4. The number of hydrogen-bond donors (Lipinski definition) is 0. The summed E-state index contributed by atoms with van der Waals surface area (Å²) in [5.74, 6) is -1.64. The number of carbonyl (C=O) groups is 1. The van der Waals surface area contributed by atoms with E-state index in [0.717, 1.165) is 0 Å². The molecule has 1 nitrogen and oxygen atoms in total. The molecule has 0 aliphatic rings. The number of benzene rings is 1. The van der Waals surface area contributed by atoms with Crippen molar-refractivity contribution < 1.29 is 22.4 Å². The monoisotopic (exact) mass is 260 g/mol. The zero-order valence-corrected chi connectivity index (χ0v) is 9.77. The summed E-state index contributed by atoms with van der Waals surface area (Å²) in [6, 6.07) is 1.81. The standard InChI is InChI=1S/C13H12F4O/c1-3-8(2)6-12(18)10-7-9(13(15,16)17)4-5-11(10)14/h4-5,7H,2-3,6H2,1H3. The molecule has 0 aliphatic heterocycles. The third kappa shape index (κ3) is 3.42. The van der Waals surface area contributed by atoms with Crippen molar-refractivity contribution >= 4 is 5.78 Å². The smallest absolute Gasteiger partial charge is 0.294 e. The molecule has 0 fully saturated rings. The van der Waals surface area contributed by atoms with Crippen molar-refractivity contribution in [2.45, 2.75) is 25.9 Å². The highest BCUT2D eigenvalue weighted by Crippen LogP contribution is 2.30. The lowest BCUT2D eigenvalue weighted by Crippen LogP contribution is -2.09. The van der Waals surface area contributed by atoms with Crippen LogP contribution in [0.2, 0.25) is 0 Å². The maximum absolute atomic E-state index is 13.3. The molecule has 0 amide bonds. The second-order valence-electron chi connectivity index (χ2n) is 3.90. The average molecular weight is 260 g/mol. The number of allylic oxidation sites excluding steroid dienone is 1. The Morgan fingerprint density at radius 1 is 1.33 bits per heavy atom. The van der Waals surface area contributed by atoms with Crippen LogP contribution >= 0.6 is 0 Å². The van der Waals surface area contributed by atoms with Gasteiger partial charge in [-0.05, 0) is 24.6 Å². The molecule has 1 aromatic rings. The highest BCUT2D eigenvalue weighted by molar-refractivity contribution is 5.97. The van der Waals surface area contributed by atoms with Crippen molar-refractivity contribution in [1.29, 1.82) is 0 Å². The average Bonchev–Trinajstić information content (AvgIpc) is 2.27. The first-order valence-corrected chi connectivity index (χ1v) is 5.32. The number of Topliss-reactive ketones (excluding diaryl/α,β-unsaturated/α-hetero) is 1. The molecule has 18 heavy (non-hydrogen) atoms. The van der Waals surface area contributed by atoms with E-state index in [9.17, 15) is 22.4 Å². The van der Waals surface area contributed by atoms with Crippen LogP contribution < -0.4 is 0 Å². The van der Waals surface area contributed by atoms with E-state index in [4.69, 9.17) is 0 Å². The molecule has 1 rings (SSSR count). The van der Waals surface area contributed by atoms with Crippen LogP contribution in [-0.4, -0.2) is 5.78 Å². The van der Waals surface area contributed by atoms with Gasteiger partial charge < -0.3 is 0 Å². The Bertz CT molecular complexity index is 474. The van der Waals surface area contributed by atoms with Crippen LogP contribution in [-0.2, 0) is 6.18 Å². The Hall–Kier alpha value is -1.65. The molecule has 5 heteroatoms. The lowest BCUT2D eigenvalue weighted by molar-refractivity contribution is -0.137. The van der Waals surface area contributed by atoms with Gasteiger partial charge in [0.05, 0.1) is 11.1 Å². The van der Waals surface area contributed by atoms with Crippen LogP contribution in [0.4, 0.5) is 17.6 Å². The summed E-state index contributed by atoms with van der Waals surface area (Å²) < 4.78 is 50.7. The normalized spacial score (nSPS) is 11.4. The zero-order valence-electron chi connectivity index (χ0n) is 9.77. The summed E-state index contributed by atoms with van der Waals surface area (Å²) in [6.45, 7) is 5.34. The molecule has 98 valence electrons. The van der Waals surface area contributed by atoms with Crippen molar-refractivity contribution in [2.24, 2.45) is 0 Å². The molecule has 0 aromatic heterocycles. The lowest BCUT2D eigenvalue weighted by atomic mass is 10.0. The first-order chi connectivity index (χ1) is 8.25. The number of hydrogen-bond acceptors (Lipinski definition) is 1. The van der Waals surface area contributed by atoms with E-state index in [1.165, 1.54) is 0 Å². The molecule has 0 bridgehead atoms. The van der Waals surface area contributed by atoms with E-state index in [-0.39, 0.29) is 6.42 Å². The zero-order chi connectivity index (χ0) is 13.9. The number of ketones is 1. The van der Waals surface area contributed by atoms with Gasteiger partial charge in [0.25, 0.3) is 0 Å². The minimum Gasteiger partial charge on any atom is -0.294 e. The first-order valence-electron chi connectivity index (χ1n) is 5.32. The predicted molar refractivity (Wildman–Crippen MR) is 59.8 cm³/mol. The third-order valence-corrected chi connectivity index (χ3v) is 2.50. The molecule has 0 spiro atoms. The largest absolute Gasteiger partial charge is 0.416 e. The van der Waals surface area contributed by atoms with Crippen LogP contribution in [0.3, 0.4) is 0 Å². The van der Waals surface area contributed by atoms with Gasteiger partial charge in [0, 0.05) is 6.42 Å². The van der Waals surface area contributed by atoms with Gasteiger partial charge in [0.1, 0.15) is 5.82 Å². The van der Waals surface area contributed by atoms with Crippen molar-refractivity contribution in [2.75, 3.05) is 0 Å². The minimum absolute atomic E-state index is 0.144. The van der Waals surface area contributed by atoms with Crippen molar-refractivity contribution in [3.05, 3.63) is 47.3 Å². The van der Waals surface area contributed by atoms with E-state index >= 15 is 0 Å². The molecule has 0 radical (unpaired) electrons. The quantitative estimate of drug-likeness (QED) is 0.446. The van der Waals surface area contributed by atoms with Gasteiger partial charge in [-0.15, -0.1) is 0 Å². The Balaban J connectivity index is 3.08. The molecule has 0 unspecified atom stereocenters. The van der Waals surface area contributed by atoms with Crippen molar-refractivity contribution in [3.63, 3.8) is 0 Å². The van der Waals surface area contributed by atoms with Crippen LogP contribution in [0.15, 0.2) is 30.4 Å². The fourth-order valence-corrected chi connectivity index (χ4v) is 1.36. The van der Waals surface area contributed by atoms with Crippen LogP contribution in [0.1, 0.15) is 35.7 Å². The number of alkyl halides is 3. The summed E-state index contributed by atoms with van der Waals surface area (Å²) >= 11 is 0. The molecule has 0 aliphatic carbocycles. The molecule has 0 N–H and O–H groups in total. The maximum Gasteiger partial charge on any atom is 0.416 e. The Labute approximate surface area is 102 Å². The van der Waals surface area contributed by atoms with Gasteiger partial charge in [-0.1, -0.05) is 19.1 Å². The number of halogens is 4. The summed E-state index contributed by atoms with van der Waals surface area (Å²) in [6.07, 6.45) is -4.22. The fourth-order valence-electron chi connectivity index (χ4n) is 1.36. The predicted octanol–water partition coefficient (Wildman–Crippen LogP) is 4.38. The summed E-state index contributed by atoms with van der Waals surface area (Å²) in [5.41, 5.74) is -1.02. The van der Waals surface area contributed by atoms with E-state index in [0.29, 0.717) is 30.2 Å². The molecule has 0 saturated heterocycles. The van der Waals surface area contributed by atoms with Gasteiger partial charge in [0.2, 0.25) is 0 Å². The number of carbonyl (C=O) groups excluding carboxylic acids is 1. The van der Waals surface area contributed by atoms with E-state index in [1.54, 1.807) is 6.92 Å². The van der Waals surface area contributed by atoms with E-state index in [2.05, 4.69) is 6.58 Å². The van der Waals surface area contributed by atoms with Crippen molar-refractivity contribution in [1.82, 2.24) is 0 Å². The highest BCUT2D eigenvalue weighted by atomic mass is 19.4. The SMILES string of the molecule is C=C(CC)CC(=O)c1cc(C(F)(F)F)ccc1F. The summed E-state index contributed by atoms with van der Waals surface area (Å²) in [5, 5.41) is 0. The summed E-state index contributed by atoms with van der Waals surface area (Å²) in [4.78, 5) is 11.6. The van der Waals surface area contributed by atoms with Gasteiger partial charge in [-0.25, -0.2) is 4.39 Å². The molecular weight excluding hydrogens is 248 g/mol. The Kier molecular flexibility index (Phi) is 4.27. The molecular formula is C13H12F4O. The van der Waals surface area contributed by atoms with Gasteiger partial charge in [-0.2, -0.15) is 13.2 Å². The van der Waals surface area contributed by atoms with E-state index < -0.39 is 28.9 Å². The molecule has 0 atom stereocenters. The lowest BCUT2D eigenvalue weighted by Gasteiger charge is -2.09. The molecule has 0 saturated carbocycles. The van der Waals surface area contributed by atoms with Crippen molar-refractivity contribution in [3.8, 4) is 0 Å². The Morgan fingerprint density at radius 3 is 2.44 bits per heavy atom.